The minimum atomic E-state index is -0.182. The summed E-state index contributed by atoms with van der Waals surface area (Å²) in [5.74, 6) is 0.539. The largest absolute Gasteiger partial charge is 0.494 e. The van der Waals surface area contributed by atoms with Crippen LogP contribution in [-0.4, -0.2) is 60.5 Å². The summed E-state index contributed by atoms with van der Waals surface area (Å²) in [5.41, 5.74) is 3.72. The zero-order valence-electron chi connectivity index (χ0n) is 20.1. The summed E-state index contributed by atoms with van der Waals surface area (Å²) in [7, 11) is 1.65. The second kappa shape index (κ2) is 9.93. The maximum Gasteiger partial charge on any atom is 0.272 e. The molecule has 1 aliphatic rings. The quantitative estimate of drug-likeness (QED) is 0.596. The van der Waals surface area contributed by atoms with Gasteiger partial charge in [-0.1, -0.05) is 57.2 Å². The fraction of sp³-hybridized carbons (Fsp3) is 0.462. The van der Waals surface area contributed by atoms with E-state index in [1.165, 1.54) is 5.56 Å². The van der Waals surface area contributed by atoms with Gasteiger partial charge in [0, 0.05) is 31.6 Å². The molecule has 176 valence electrons. The van der Waals surface area contributed by atoms with E-state index in [1.807, 2.05) is 22.9 Å². The van der Waals surface area contributed by atoms with Crippen LogP contribution in [0.15, 0.2) is 42.5 Å². The molecule has 1 amide bonds. The summed E-state index contributed by atoms with van der Waals surface area (Å²) >= 11 is 0. The van der Waals surface area contributed by atoms with Crippen LogP contribution in [0.4, 0.5) is 0 Å². The van der Waals surface area contributed by atoms with Crippen LogP contribution >= 0.6 is 0 Å². The van der Waals surface area contributed by atoms with E-state index in [4.69, 9.17) is 14.6 Å². The lowest BCUT2D eigenvalue weighted by atomic mass is 9.87. The Hall–Kier alpha value is -2.90. The number of rotatable bonds is 7. The first-order valence-corrected chi connectivity index (χ1v) is 11.6. The van der Waals surface area contributed by atoms with Gasteiger partial charge in [-0.05, 0) is 22.6 Å². The van der Waals surface area contributed by atoms with Gasteiger partial charge in [0.15, 0.2) is 5.69 Å². The standard InChI is InChI=1S/C26H34N4O3/c1-26(2,3)20-10-8-19(9-11-20)18-27-25(31)23-21-6-5-7-22(32-4)24(21)30(28-23)13-12-29-14-16-33-17-15-29/h5-11H,12-18H2,1-4H3,(H,27,31). The zero-order valence-corrected chi connectivity index (χ0v) is 20.1. The van der Waals surface area contributed by atoms with Crippen LogP contribution in [0.25, 0.3) is 10.9 Å². The zero-order chi connectivity index (χ0) is 23.4. The van der Waals surface area contributed by atoms with Gasteiger partial charge in [0.05, 0.1) is 26.9 Å². The van der Waals surface area contributed by atoms with Crippen molar-refractivity contribution in [1.29, 1.82) is 0 Å². The predicted octanol–water partition coefficient (Wildman–Crippen LogP) is 3.60. The molecule has 0 radical (unpaired) electrons. The molecule has 0 saturated carbocycles. The second-order valence-electron chi connectivity index (χ2n) is 9.51. The van der Waals surface area contributed by atoms with Crippen molar-refractivity contribution in [3.05, 3.63) is 59.3 Å². The number of para-hydroxylation sites is 1. The topological polar surface area (TPSA) is 68.6 Å². The van der Waals surface area contributed by atoms with Gasteiger partial charge in [0.1, 0.15) is 11.3 Å². The van der Waals surface area contributed by atoms with Crippen LogP contribution in [-0.2, 0) is 23.2 Å². The van der Waals surface area contributed by atoms with Crippen molar-refractivity contribution in [1.82, 2.24) is 20.0 Å². The number of methoxy groups -OCH3 is 1. The van der Waals surface area contributed by atoms with Gasteiger partial charge in [0.2, 0.25) is 0 Å². The first kappa shape index (κ1) is 23.3. The first-order valence-electron chi connectivity index (χ1n) is 11.6. The number of nitrogens with zero attached hydrogens (tertiary/aromatic N) is 3. The van der Waals surface area contributed by atoms with Crippen molar-refractivity contribution >= 4 is 16.8 Å². The van der Waals surface area contributed by atoms with E-state index < -0.39 is 0 Å². The lowest BCUT2D eigenvalue weighted by Crippen LogP contribution is -2.38. The Labute approximate surface area is 195 Å². The molecule has 2 aromatic carbocycles. The highest BCUT2D eigenvalue weighted by molar-refractivity contribution is 6.06. The Balaban J connectivity index is 1.52. The highest BCUT2D eigenvalue weighted by Crippen LogP contribution is 2.28. The van der Waals surface area contributed by atoms with E-state index in [0.717, 1.165) is 55.1 Å². The number of amides is 1. The van der Waals surface area contributed by atoms with Crippen molar-refractivity contribution in [2.45, 2.75) is 39.3 Å². The summed E-state index contributed by atoms with van der Waals surface area (Å²) < 4.78 is 12.9. The van der Waals surface area contributed by atoms with Crippen LogP contribution in [0.2, 0.25) is 0 Å². The van der Waals surface area contributed by atoms with Crippen molar-refractivity contribution < 1.29 is 14.3 Å². The highest BCUT2D eigenvalue weighted by Gasteiger charge is 2.21. The lowest BCUT2D eigenvalue weighted by Gasteiger charge is -2.26. The molecule has 1 aliphatic heterocycles. The fourth-order valence-corrected chi connectivity index (χ4v) is 4.15. The molecular weight excluding hydrogens is 416 g/mol. The van der Waals surface area contributed by atoms with Crippen LogP contribution in [0.3, 0.4) is 0 Å². The highest BCUT2D eigenvalue weighted by atomic mass is 16.5. The molecule has 2 heterocycles. The molecule has 7 nitrogen and oxygen atoms in total. The molecule has 4 rings (SSSR count). The number of carbonyl (C=O) groups is 1. The molecule has 1 N–H and O–H groups in total. The van der Waals surface area contributed by atoms with Gasteiger partial charge < -0.3 is 14.8 Å². The van der Waals surface area contributed by atoms with Crippen LogP contribution in [0.1, 0.15) is 42.4 Å². The predicted molar refractivity (Wildman–Crippen MR) is 130 cm³/mol. The molecule has 7 heteroatoms. The van der Waals surface area contributed by atoms with Gasteiger partial charge in [-0.2, -0.15) is 5.10 Å². The van der Waals surface area contributed by atoms with Crippen LogP contribution in [0.5, 0.6) is 5.75 Å². The Kier molecular flexibility index (Phi) is 7.00. The lowest BCUT2D eigenvalue weighted by molar-refractivity contribution is 0.0361. The van der Waals surface area contributed by atoms with E-state index in [-0.39, 0.29) is 11.3 Å². The number of ether oxygens (including phenoxy) is 2. The fourth-order valence-electron chi connectivity index (χ4n) is 4.15. The van der Waals surface area contributed by atoms with E-state index >= 15 is 0 Å². The molecule has 33 heavy (non-hydrogen) atoms. The smallest absolute Gasteiger partial charge is 0.272 e. The molecule has 0 bridgehead atoms. The van der Waals surface area contributed by atoms with E-state index in [1.54, 1.807) is 7.11 Å². The first-order chi connectivity index (χ1) is 15.9. The summed E-state index contributed by atoms with van der Waals surface area (Å²) in [6.45, 7) is 11.9. The number of hydrogen-bond acceptors (Lipinski definition) is 5. The normalized spacial score (nSPS) is 15.0. The number of carbonyl (C=O) groups excluding carboxylic acids is 1. The molecule has 3 aromatic rings. The minimum absolute atomic E-state index is 0.105. The average Bonchev–Trinajstić information content (AvgIpc) is 3.20. The summed E-state index contributed by atoms with van der Waals surface area (Å²) in [5, 5.41) is 8.55. The summed E-state index contributed by atoms with van der Waals surface area (Å²) in [6, 6.07) is 14.1. The SMILES string of the molecule is COc1cccc2c(C(=O)NCc3ccc(C(C)(C)C)cc3)nn(CCN3CCOCC3)c12. The van der Waals surface area contributed by atoms with Crippen LogP contribution < -0.4 is 10.1 Å². The van der Waals surface area contributed by atoms with Gasteiger partial charge in [-0.3, -0.25) is 14.4 Å². The Bertz CT molecular complexity index is 1090. The van der Waals surface area contributed by atoms with Crippen LogP contribution in [0, 0.1) is 0 Å². The van der Waals surface area contributed by atoms with E-state index in [0.29, 0.717) is 18.8 Å². The molecule has 1 saturated heterocycles. The molecule has 0 spiro atoms. The van der Waals surface area contributed by atoms with E-state index in [2.05, 4.69) is 55.3 Å². The van der Waals surface area contributed by atoms with Crippen molar-refractivity contribution in [2.75, 3.05) is 40.0 Å². The molecule has 0 aliphatic carbocycles. The number of morpholine rings is 1. The van der Waals surface area contributed by atoms with Crippen molar-refractivity contribution in [3.63, 3.8) is 0 Å². The van der Waals surface area contributed by atoms with Gasteiger partial charge in [-0.25, -0.2) is 0 Å². The number of benzene rings is 2. The Morgan fingerprint density at radius 2 is 1.82 bits per heavy atom. The maximum absolute atomic E-state index is 13.1. The maximum atomic E-state index is 13.1. The number of hydrogen-bond donors (Lipinski definition) is 1. The van der Waals surface area contributed by atoms with Crippen molar-refractivity contribution in [2.24, 2.45) is 0 Å². The second-order valence-corrected chi connectivity index (χ2v) is 9.51. The third kappa shape index (κ3) is 5.37. The third-order valence-electron chi connectivity index (χ3n) is 6.17. The molecular formula is C26H34N4O3. The Morgan fingerprint density at radius 3 is 2.48 bits per heavy atom. The summed E-state index contributed by atoms with van der Waals surface area (Å²) in [6.07, 6.45) is 0. The molecule has 1 fully saturated rings. The van der Waals surface area contributed by atoms with Gasteiger partial charge >= 0.3 is 0 Å². The molecule has 0 atom stereocenters. The average molecular weight is 451 g/mol. The number of nitrogens with one attached hydrogen (secondary N) is 1. The summed E-state index contributed by atoms with van der Waals surface area (Å²) in [4.78, 5) is 15.5. The minimum Gasteiger partial charge on any atom is -0.494 e. The number of aromatic nitrogens is 2. The van der Waals surface area contributed by atoms with Crippen molar-refractivity contribution in [3.8, 4) is 5.75 Å². The number of fused-ring (bicyclic) bond motifs is 1. The van der Waals surface area contributed by atoms with E-state index in [9.17, 15) is 4.79 Å². The van der Waals surface area contributed by atoms with Gasteiger partial charge in [-0.15, -0.1) is 0 Å². The third-order valence-corrected chi connectivity index (χ3v) is 6.17. The molecule has 1 aromatic heterocycles. The molecule has 0 unspecified atom stereocenters. The monoisotopic (exact) mass is 450 g/mol. The van der Waals surface area contributed by atoms with Gasteiger partial charge in [0.25, 0.3) is 5.91 Å². The Morgan fingerprint density at radius 1 is 1.09 bits per heavy atom.